The fourth-order valence-electron chi connectivity index (χ4n) is 3.29. The smallest absolute Gasteiger partial charge is 0.337 e. The molecule has 2 aromatic carbocycles. The van der Waals surface area contributed by atoms with E-state index in [1.807, 2.05) is 42.5 Å². The fraction of sp³-hybridized carbons (Fsp3) is 0.200. The minimum Gasteiger partial charge on any atom is -0.497 e. The SMILES string of the molecule is COC(=O)c1ccc(CCCn2c(C=Cc3cccc(OC)c3)c(Cl)cc(Cl)c2=O)cc1. The van der Waals surface area contributed by atoms with E-state index in [0.717, 1.165) is 23.3 Å². The number of hydrogen-bond donors (Lipinski definition) is 0. The highest BCUT2D eigenvalue weighted by molar-refractivity contribution is 6.35. The summed E-state index contributed by atoms with van der Waals surface area (Å²) in [5, 5.41) is 0.479. The van der Waals surface area contributed by atoms with Gasteiger partial charge in [-0.25, -0.2) is 4.79 Å². The highest BCUT2D eigenvalue weighted by Gasteiger charge is 2.11. The molecule has 0 spiro atoms. The van der Waals surface area contributed by atoms with Crippen molar-refractivity contribution >= 4 is 41.3 Å². The molecule has 5 nitrogen and oxygen atoms in total. The molecule has 32 heavy (non-hydrogen) atoms. The molecule has 0 aliphatic heterocycles. The Morgan fingerprint density at radius 3 is 2.44 bits per heavy atom. The summed E-state index contributed by atoms with van der Waals surface area (Å²) in [5.74, 6) is 0.370. The minimum absolute atomic E-state index is 0.0796. The molecule has 1 heterocycles. The summed E-state index contributed by atoms with van der Waals surface area (Å²) in [5.41, 5.74) is 2.76. The van der Waals surface area contributed by atoms with E-state index in [4.69, 9.17) is 32.7 Å². The molecule has 0 atom stereocenters. The normalized spacial score (nSPS) is 11.0. The highest BCUT2D eigenvalue weighted by atomic mass is 35.5. The van der Waals surface area contributed by atoms with Gasteiger partial charge in [-0.1, -0.05) is 53.5 Å². The first-order valence-electron chi connectivity index (χ1n) is 10.0. The summed E-state index contributed by atoms with van der Waals surface area (Å²) in [7, 11) is 2.96. The van der Waals surface area contributed by atoms with Gasteiger partial charge in [0.05, 0.1) is 30.5 Å². The van der Waals surface area contributed by atoms with Crippen LogP contribution in [0.5, 0.6) is 5.75 Å². The standard InChI is InChI=1S/C25H23Cl2NO4/c1-31-20-7-3-5-18(15-20)10-13-23-21(26)16-22(27)24(29)28(23)14-4-6-17-8-11-19(12-9-17)25(30)32-2/h3,5,7-13,15-16H,4,6,14H2,1-2H3. The lowest BCUT2D eigenvalue weighted by molar-refractivity contribution is 0.0600. The van der Waals surface area contributed by atoms with Crippen molar-refractivity contribution < 1.29 is 14.3 Å². The van der Waals surface area contributed by atoms with E-state index in [9.17, 15) is 9.59 Å². The number of carbonyl (C=O) groups excluding carboxylic acids is 1. The Balaban J connectivity index is 1.79. The van der Waals surface area contributed by atoms with E-state index in [1.165, 1.54) is 13.2 Å². The van der Waals surface area contributed by atoms with Gasteiger partial charge >= 0.3 is 5.97 Å². The van der Waals surface area contributed by atoms with Crippen LogP contribution < -0.4 is 10.3 Å². The van der Waals surface area contributed by atoms with Gasteiger partial charge in [0.25, 0.3) is 5.56 Å². The Kier molecular flexibility index (Phi) is 8.14. The van der Waals surface area contributed by atoms with Gasteiger partial charge in [0.15, 0.2) is 0 Å². The van der Waals surface area contributed by atoms with Crippen LogP contribution in [0.3, 0.4) is 0 Å². The van der Waals surface area contributed by atoms with Crippen LogP contribution >= 0.6 is 23.2 Å². The molecular formula is C25H23Cl2NO4. The van der Waals surface area contributed by atoms with Gasteiger partial charge in [0.2, 0.25) is 0 Å². The molecule has 0 saturated carbocycles. The molecule has 0 amide bonds. The van der Waals surface area contributed by atoms with Crippen LogP contribution in [0.2, 0.25) is 10.0 Å². The third-order valence-electron chi connectivity index (χ3n) is 4.99. The molecule has 0 aliphatic carbocycles. The highest BCUT2D eigenvalue weighted by Crippen LogP contribution is 2.22. The zero-order chi connectivity index (χ0) is 23.1. The maximum Gasteiger partial charge on any atom is 0.337 e. The Morgan fingerprint density at radius 1 is 1.00 bits per heavy atom. The molecule has 1 aromatic heterocycles. The number of esters is 1. The maximum atomic E-state index is 12.7. The topological polar surface area (TPSA) is 57.5 Å². The number of hydrogen-bond acceptors (Lipinski definition) is 4. The molecule has 0 fully saturated rings. The average Bonchev–Trinajstić information content (AvgIpc) is 2.81. The van der Waals surface area contributed by atoms with Gasteiger partial charge < -0.3 is 14.0 Å². The number of halogens is 2. The molecule has 7 heteroatoms. The van der Waals surface area contributed by atoms with E-state index in [2.05, 4.69) is 0 Å². The first-order chi connectivity index (χ1) is 15.4. The van der Waals surface area contributed by atoms with Gasteiger partial charge in [0.1, 0.15) is 10.8 Å². The van der Waals surface area contributed by atoms with Gasteiger partial charge in [0, 0.05) is 6.54 Å². The first kappa shape index (κ1) is 23.6. The molecule has 0 bridgehead atoms. The van der Waals surface area contributed by atoms with Gasteiger partial charge in [-0.05, 0) is 60.4 Å². The minimum atomic E-state index is -0.371. The van der Waals surface area contributed by atoms with Gasteiger partial charge in [-0.3, -0.25) is 4.79 Å². The molecule has 0 radical (unpaired) electrons. The van der Waals surface area contributed by atoms with Crippen molar-refractivity contribution in [1.82, 2.24) is 4.57 Å². The number of ether oxygens (including phenoxy) is 2. The van der Waals surface area contributed by atoms with E-state index >= 15 is 0 Å². The van der Waals surface area contributed by atoms with Crippen molar-refractivity contribution in [3.8, 4) is 5.75 Å². The number of carbonyl (C=O) groups is 1. The zero-order valence-corrected chi connectivity index (χ0v) is 19.3. The number of pyridine rings is 1. The van der Waals surface area contributed by atoms with Crippen LogP contribution in [0.1, 0.15) is 33.6 Å². The van der Waals surface area contributed by atoms with Crippen molar-refractivity contribution in [2.24, 2.45) is 0 Å². The van der Waals surface area contributed by atoms with E-state index in [-0.39, 0.29) is 16.6 Å². The second-order valence-electron chi connectivity index (χ2n) is 7.08. The second kappa shape index (κ2) is 11.0. The molecule has 0 saturated heterocycles. The van der Waals surface area contributed by atoms with Crippen molar-refractivity contribution in [2.45, 2.75) is 19.4 Å². The molecule has 0 unspecified atom stereocenters. The Bertz CT molecular complexity index is 1180. The molecule has 3 aromatic rings. The maximum absolute atomic E-state index is 12.7. The monoisotopic (exact) mass is 471 g/mol. The van der Waals surface area contributed by atoms with E-state index in [0.29, 0.717) is 29.2 Å². The van der Waals surface area contributed by atoms with Crippen LogP contribution in [0.15, 0.2) is 59.4 Å². The van der Waals surface area contributed by atoms with E-state index < -0.39 is 0 Å². The van der Waals surface area contributed by atoms with E-state index in [1.54, 1.807) is 29.9 Å². The van der Waals surface area contributed by atoms with Crippen molar-refractivity contribution in [3.05, 3.63) is 97.4 Å². The number of aryl methyl sites for hydroxylation is 1. The van der Waals surface area contributed by atoms with Crippen LogP contribution in [0.4, 0.5) is 0 Å². The predicted molar refractivity (Wildman–Crippen MR) is 129 cm³/mol. The fourth-order valence-corrected chi connectivity index (χ4v) is 3.83. The Labute approximate surface area is 196 Å². The lowest BCUT2D eigenvalue weighted by Crippen LogP contribution is -2.23. The summed E-state index contributed by atoms with van der Waals surface area (Å²) in [6, 6.07) is 16.3. The van der Waals surface area contributed by atoms with Crippen molar-refractivity contribution in [2.75, 3.05) is 14.2 Å². The summed E-state index contributed by atoms with van der Waals surface area (Å²) >= 11 is 12.5. The number of benzene rings is 2. The molecule has 166 valence electrons. The van der Waals surface area contributed by atoms with Gasteiger partial charge in [-0.15, -0.1) is 0 Å². The molecule has 3 rings (SSSR count). The van der Waals surface area contributed by atoms with Crippen LogP contribution in [0, 0.1) is 0 Å². The summed E-state index contributed by atoms with van der Waals surface area (Å²) < 4.78 is 11.6. The van der Waals surface area contributed by atoms with Crippen LogP contribution in [0.25, 0.3) is 12.2 Å². The second-order valence-corrected chi connectivity index (χ2v) is 7.90. The number of methoxy groups -OCH3 is 2. The largest absolute Gasteiger partial charge is 0.497 e. The molecule has 0 N–H and O–H groups in total. The average molecular weight is 472 g/mol. The quantitative estimate of drug-likeness (QED) is 0.392. The summed E-state index contributed by atoms with van der Waals surface area (Å²) in [6.45, 7) is 0.440. The third kappa shape index (κ3) is 5.81. The summed E-state index contributed by atoms with van der Waals surface area (Å²) in [6.07, 6.45) is 5.09. The van der Waals surface area contributed by atoms with Crippen LogP contribution in [-0.2, 0) is 17.7 Å². The molecular weight excluding hydrogens is 449 g/mol. The number of rotatable bonds is 8. The lowest BCUT2D eigenvalue weighted by atomic mass is 10.1. The first-order valence-corrected chi connectivity index (χ1v) is 10.8. The molecule has 0 aliphatic rings. The van der Waals surface area contributed by atoms with Gasteiger partial charge in [-0.2, -0.15) is 0 Å². The lowest BCUT2D eigenvalue weighted by Gasteiger charge is -2.13. The third-order valence-corrected chi connectivity index (χ3v) is 5.56. The Morgan fingerprint density at radius 2 is 1.75 bits per heavy atom. The van der Waals surface area contributed by atoms with Crippen molar-refractivity contribution in [3.63, 3.8) is 0 Å². The number of nitrogens with zero attached hydrogens (tertiary/aromatic N) is 1. The van der Waals surface area contributed by atoms with Crippen LogP contribution in [-0.4, -0.2) is 24.8 Å². The number of aromatic nitrogens is 1. The van der Waals surface area contributed by atoms with Crippen molar-refractivity contribution in [1.29, 1.82) is 0 Å². The zero-order valence-electron chi connectivity index (χ0n) is 17.8. The Hall–Kier alpha value is -3.02. The predicted octanol–water partition coefficient (Wildman–Crippen LogP) is 5.75. The summed E-state index contributed by atoms with van der Waals surface area (Å²) in [4.78, 5) is 24.3.